The number of methoxy groups -OCH3 is 1. The number of anilines is 2. The van der Waals surface area contributed by atoms with Crippen LogP contribution >= 0.6 is 34.8 Å². The first-order valence-corrected chi connectivity index (χ1v) is 8.95. The van der Waals surface area contributed by atoms with E-state index in [1.165, 1.54) is 6.33 Å². The van der Waals surface area contributed by atoms with E-state index in [1.54, 1.807) is 42.3 Å². The molecular formula is C18H12Cl3N5O. The minimum absolute atomic E-state index is 0.443. The molecule has 2 aromatic heterocycles. The van der Waals surface area contributed by atoms with Crippen LogP contribution in [0.3, 0.4) is 0 Å². The molecule has 0 saturated carbocycles. The van der Waals surface area contributed by atoms with Gasteiger partial charge in [0.15, 0.2) is 5.65 Å². The molecule has 0 saturated heterocycles. The molecule has 9 heteroatoms. The van der Waals surface area contributed by atoms with Gasteiger partial charge in [-0.15, -0.1) is 0 Å². The van der Waals surface area contributed by atoms with E-state index in [-0.39, 0.29) is 0 Å². The SMILES string of the molecule is COc1ccc(Nc2ncnc3c2cnn3-c2ccc(Cl)c(Cl)c2)cc1Cl. The van der Waals surface area contributed by atoms with Crippen molar-refractivity contribution in [3.63, 3.8) is 0 Å². The van der Waals surface area contributed by atoms with Crippen molar-refractivity contribution in [3.8, 4) is 11.4 Å². The maximum atomic E-state index is 6.19. The molecule has 2 aromatic carbocycles. The third kappa shape index (κ3) is 3.39. The Morgan fingerprint density at radius 2 is 1.81 bits per heavy atom. The Morgan fingerprint density at radius 3 is 2.56 bits per heavy atom. The van der Waals surface area contributed by atoms with Crippen LogP contribution in [0.4, 0.5) is 11.5 Å². The largest absolute Gasteiger partial charge is 0.495 e. The van der Waals surface area contributed by atoms with Crippen molar-refractivity contribution in [1.82, 2.24) is 19.7 Å². The van der Waals surface area contributed by atoms with E-state index in [4.69, 9.17) is 39.5 Å². The number of ether oxygens (including phenoxy) is 1. The summed E-state index contributed by atoms with van der Waals surface area (Å²) in [6.07, 6.45) is 3.15. The molecular weight excluding hydrogens is 409 g/mol. The van der Waals surface area contributed by atoms with Gasteiger partial charge in [-0.2, -0.15) is 5.10 Å². The molecule has 0 unspecified atom stereocenters. The van der Waals surface area contributed by atoms with Gasteiger partial charge in [0.05, 0.1) is 39.4 Å². The Bertz CT molecular complexity index is 1150. The second kappa shape index (κ2) is 7.23. The molecule has 0 aliphatic rings. The first-order chi connectivity index (χ1) is 13.1. The van der Waals surface area contributed by atoms with Gasteiger partial charge in [0.25, 0.3) is 0 Å². The van der Waals surface area contributed by atoms with Crippen LogP contribution in [0, 0.1) is 0 Å². The predicted octanol–water partition coefficient (Wildman–Crippen LogP) is 5.53. The summed E-state index contributed by atoms with van der Waals surface area (Å²) in [7, 11) is 1.57. The molecule has 136 valence electrons. The molecule has 27 heavy (non-hydrogen) atoms. The van der Waals surface area contributed by atoms with Gasteiger partial charge in [-0.1, -0.05) is 34.8 Å². The van der Waals surface area contributed by atoms with E-state index in [2.05, 4.69) is 20.4 Å². The third-order valence-electron chi connectivity index (χ3n) is 3.93. The smallest absolute Gasteiger partial charge is 0.168 e. The molecule has 4 rings (SSSR count). The van der Waals surface area contributed by atoms with Crippen LogP contribution in [0.25, 0.3) is 16.7 Å². The second-order valence-corrected chi connectivity index (χ2v) is 6.81. The summed E-state index contributed by atoms with van der Waals surface area (Å²) in [5, 5.41) is 9.81. The van der Waals surface area contributed by atoms with Crippen LogP contribution in [-0.4, -0.2) is 26.9 Å². The Morgan fingerprint density at radius 1 is 0.963 bits per heavy atom. The van der Waals surface area contributed by atoms with Crippen molar-refractivity contribution in [2.24, 2.45) is 0 Å². The van der Waals surface area contributed by atoms with E-state index >= 15 is 0 Å². The zero-order valence-corrected chi connectivity index (χ0v) is 16.2. The highest BCUT2D eigenvalue weighted by Gasteiger charge is 2.13. The highest BCUT2D eigenvalue weighted by molar-refractivity contribution is 6.42. The lowest BCUT2D eigenvalue weighted by Gasteiger charge is -2.09. The number of aromatic nitrogens is 4. The zero-order chi connectivity index (χ0) is 19.0. The predicted molar refractivity (Wildman–Crippen MR) is 108 cm³/mol. The summed E-state index contributed by atoms with van der Waals surface area (Å²) in [6.45, 7) is 0. The van der Waals surface area contributed by atoms with Crippen molar-refractivity contribution in [1.29, 1.82) is 0 Å². The molecule has 0 radical (unpaired) electrons. The second-order valence-electron chi connectivity index (χ2n) is 5.59. The molecule has 0 aliphatic carbocycles. The number of hydrogen-bond donors (Lipinski definition) is 1. The Balaban J connectivity index is 1.74. The van der Waals surface area contributed by atoms with Crippen LogP contribution in [0.1, 0.15) is 0 Å². The zero-order valence-electron chi connectivity index (χ0n) is 13.9. The van der Waals surface area contributed by atoms with Gasteiger partial charge >= 0.3 is 0 Å². The van der Waals surface area contributed by atoms with Crippen molar-refractivity contribution in [2.45, 2.75) is 0 Å². The first-order valence-electron chi connectivity index (χ1n) is 7.81. The van der Waals surface area contributed by atoms with Crippen LogP contribution < -0.4 is 10.1 Å². The van der Waals surface area contributed by atoms with Gasteiger partial charge in [0, 0.05) is 5.69 Å². The maximum Gasteiger partial charge on any atom is 0.168 e. The lowest BCUT2D eigenvalue weighted by atomic mass is 10.3. The Kier molecular flexibility index (Phi) is 4.78. The fourth-order valence-corrected chi connectivity index (χ4v) is 3.18. The van der Waals surface area contributed by atoms with Gasteiger partial charge in [0.1, 0.15) is 17.9 Å². The van der Waals surface area contributed by atoms with Crippen molar-refractivity contribution >= 4 is 57.3 Å². The normalized spacial score (nSPS) is 11.0. The Labute approximate surface area is 169 Å². The highest BCUT2D eigenvalue weighted by Crippen LogP contribution is 2.31. The van der Waals surface area contributed by atoms with Crippen molar-refractivity contribution in [2.75, 3.05) is 12.4 Å². The summed E-state index contributed by atoms with van der Waals surface area (Å²) in [5.74, 6) is 1.20. The van der Waals surface area contributed by atoms with Crippen molar-refractivity contribution < 1.29 is 4.74 Å². The van der Waals surface area contributed by atoms with Crippen LogP contribution in [0.15, 0.2) is 48.9 Å². The standard InChI is InChI=1S/C18H12Cl3N5O/c1-27-16-5-2-10(6-15(16)21)25-17-12-8-24-26(18(12)23-9-22-17)11-3-4-13(19)14(20)7-11/h2-9H,1H3,(H,22,23,25). The minimum atomic E-state index is 0.443. The number of benzene rings is 2. The average Bonchev–Trinajstić information content (AvgIpc) is 3.09. The molecule has 0 spiro atoms. The minimum Gasteiger partial charge on any atom is -0.495 e. The number of hydrogen-bond acceptors (Lipinski definition) is 5. The molecule has 4 aromatic rings. The molecule has 1 N–H and O–H groups in total. The number of rotatable bonds is 4. The summed E-state index contributed by atoms with van der Waals surface area (Å²) < 4.78 is 6.84. The number of halogens is 3. The Hall–Kier alpha value is -2.54. The molecule has 0 bridgehead atoms. The van der Waals surface area contributed by atoms with Crippen LogP contribution in [-0.2, 0) is 0 Å². The van der Waals surface area contributed by atoms with Crippen LogP contribution in [0.2, 0.25) is 15.1 Å². The molecule has 0 aliphatic heterocycles. The van der Waals surface area contributed by atoms with Crippen molar-refractivity contribution in [3.05, 3.63) is 64.0 Å². The molecule has 6 nitrogen and oxygen atoms in total. The van der Waals surface area contributed by atoms with E-state index in [0.717, 1.165) is 16.8 Å². The van der Waals surface area contributed by atoms with Crippen LogP contribution in [0.5, 0.6) is 5.75 Å². The van der Waals surface area contributed by atoms with Gasteiger partial charge in [-0.05, 0) is 36.4 Å². The lowest BCUT2D eigenvalue weighted by molar-refractivity contribution is 0.415. The molecule has 0 atom stereocenters. The third-order valence-corrected chi connectivity index (χ3v) is 4.96. The number of nitrogens with zero attached hydrogens (tertiary/aromatic N) is 4. The van der Waals surface area contributed by atoms with Gasteiger partial charge in [0.2, 0.25) is 0 Å². The van der Waals surface area contributed by atoms with Gasteiger partial charge in [-0.25, -0.2) is 14.6 Å². The monoisotopic (exact) mass is 419 g/mol. The molecule has 0 amide bonds. The number of fused-ring (bicyclic) bond motifs is 1. The van der Waals surface area contributed by atoms with Gasteiger partial charge < -0.3 is 10.1 Å². The maximum absolute atomic E-state index is 6.19. The van der Waals surface area contributed by atoms with E-state index in [1.807, 2.05) is 12.1 Å². The number of nitrogens with one attached hydrogen (secondary N) is 1. The van der Waals surface area contributed by atoms with Gasteiger partial charge in [-0.3, -0.25) is 0 Å². The average molecular weight is 421 g/mol. The van der Waals surface area contributed by atoms with E-state index < -0.39 is 0 Å². The topological polar surface area (TPSA) is 64.9 Å². The summed E-state index contributed by atoms with van der Waals surface area (Å²) in [5.41, 5.74) is 2.14. The highest BCUT2D eigenvalue weighted by atomic mass is 35.5. The molecule has 0 fully saturated rings. The summed E-state index contributed by atoms with van der Waals surface area (Å²) >= 11 is 18.3. The first kappa shape index (κ1) is 17.9. The quantitative estimate of drug-likeness (QED) is 0.470. The molecule has 2 heterocycles. The lowest BCUT2D eigenvalue weighted by Crippen LogP contribution is -1.99. The van der Waals surface area contributed by atoms with E-state index in [0.29, 0.717) is 32.3 Å². The fourth-order valence-electron chi connectivity index (χ4n) is 2.63. The summed E-state index contributed by atoms with van der Waals surface area (Å²) in [4.78, 5) is 8.66. The fraction of sp³-hybridized carbons (Fsp3) is 0.0556. The van der Waals surface area contributed by atoms with E-state index in [9.17, 15) is 0 Å². The summed E-state index contributed by atoms with van der Waals surface area (Å²) in [6, 6.07) is 10.7.